The number of nitrogens with zero attached hydrogens (tertiary/aromatic N) is 2. The number of benzene rings is 1. The Bertz CT molecular complexity index is 583. The van der Waals surface area contributed by atoms with Gasteiger partial charge in [-0.1, -0.05) is 23.7 Å². The molecule has 20 heavy (non-hydrogen) atoms. The maximum Gasteiger partial charge on any atom is 0.222 e. The Hall–Kier alpha value is -1.85. The van der Waals surface area contributed by atoms with Crippen LogP contribution in [0.15, 0.2) is 24.3 Å². The van der Waals surface area contributed by atoms with E-state index < -0.39 is 0 Å². The molecule has 1 aromatic heterocycles. The molecule has 0 aliphatic carbocycles. The number of aromatic nitrogens is 2. The summed E-state index contributed by atoms with van der Waals surface area (Å²) < 4.78 is 0. The lowest BCUT2D eigenvalue weighted by atomic mass is 10.0. The molecule has 0 saturated heterocycles. The number of hydrogen-bond acceptors (Lipinski definition) is 5. The molecule has 5 nitrogen and oxygen atoms in total. The number of nitrogens with two attached hydrogens (primary N) is 2. The number of nitrogen functional groups attached to an aromatic ring is 1. The van der Waals surface area contributed by atoms with Crippen molar-refractivity contribution in [1.29, 1.82) is 0 Å². The summed E-state index contributed by atoms with van der Waals surface area (Å²) in [5.41, 5.74) is 14.5. The van der Waals surface area contributed by atoms with Crippen molar-refractivity contribution in [2.45, 2.75) is 12.8 Å². The van der Waals surface area contributed by atoms with Crippen molar-refractivity contribution < 1.29 is 0 Å². The van der Waals surface area contributed by atoms with Crippen LogP contribution in [-0.4, -0.2) is 23.6 Å². The van der Waals surface area contributed by atoms with Crippen LogP contribution in [0.1, 0.15) is 16.8 Å². The molecule has 0 unspecified atom stereocenters. The first kappa shape index (κ1) is 14.6. The Kier molecular flexibility index (Phi) is 4.76. The van der Waals surface area contributed by atoms with Crippen molar-refractivity contribution in [3.8, 4) is 0 Å². The van der Waals surface area contributed by atoms with Gasteiger partial charge in [-0.2, -0.15) is 4.98 Å². The van der Waals surface area contributed by atoms with Crippen molar-refractivity contribution in [3.63, 3.8) is 0 Å². The van der Waals surface area contributed by atoms with Gasteiger partial charge in [0.2, 0.25) is 5.95 Å². The molecule has 1 aromatic carbocycles. The van der Waals surface area contributed by atoms with E-state index >= 15 is 0 Å². The van der Waals surface area contributed by atoms with Gasteiger partial charge < -0.3 is 16.8 Å². The van der Waals surface area contributed by atoms with Crippen molar-refractivity contribution >= 4 is 23.4 Å². The lowest BCUT2D eigenvalue weighted by molar-refractivity contribution is 0.903. The predicted octanol–water partition coefficient (Wildman–Crippen LogP) is 1.85. The highest BCUT2D eigenvalue weighted by Crippen LogP contribution is 2.21. The van der Waals surface area contributed by atoms with Crippen LogP contribution in [0.5, 0.6) is 0 Å². The van der Waals surface area contributed by atoms with Crippen LogP contribution in [0.2, 0.25) is 5.02 Å². The topological polar surface area (TPSA) is 89.8 Å². The van der Waals surface area contributed by atoms with E-state index in [0.717, 1.165) is 22.6 Å². The third-order valence-corrected chi connectivity index (χ3v) is 3.28. The molecule has 0 amide bonds. The largest absolute Gasteiger partial charge is 0.373 e. The van der Waals surface area contributed by atoms with Crippen LogP contribution in [0.25, 0.3) is 0 Å². The minimum atomic E-state index is 0.263. The van der Waals surface area contributed by atoms with Crippen LogP contribution >= 0.6 is 11.6 Å². The van der Waals surface area contributed by atoms with E-state index in [-0.39, 0.29) is 5.95 Å². The van der Waals surface area contributed by atoms with Gasteiger partial charge >= 0.3 is 0 Å². The maximum atomic E-state index is 5.90. The average Bonchev–Trinajstić information content (AvgIpc) is 2.44. The van der Waals surface area contributed by atoms with Crippen LogP contribution in [0, 0.1) is 0 Å². The summed E-state index contributed by atoms with van der Waals surface area (Å²) in [6, 6.07) is 7.68. The molecule has 0 saturated carbocycles. The molecule has 5 N–H and O–H groups in total. The molecule has 0 aliphatic rings. The fourth-order valence-corrected chi connectivity index (χ4v) is 2.23. The summed E-state index contributed by atoms with van der Waals surface area (Å²) in [5.74, 6) is 1.01. The van der Waals surface area contributed by atoms with Gasteiger partial charge in [0.05, 0.1) is 5.69 Å². The third-order valence-electron chi connectivity index (χ3n) is 3.03. The van der Waals surface area contributed by atoms with Gasteiger partial charge in [0.15, 0.2) is 0 Å². The fraction of sp³-hybridized carbons (Fsp3) is 0.286. The first-order valence-corrected chi connectivity index (χ1v) is 6.79. The Labute approximate surface area is 123 Å². The smallest absolute Gasteiger partial charge is 0.222 e. The molecule has 2 rings (SSSR count). The Morgan fingerprint density at radius 2 is 1.90 bits per heavy atom. The standard InChI is InChI=1S/C14H18ClN5/c1-18-13-11(6-7-16)12(19-14(17)20-13)8-9-2-4-10(15)5-3-9/h2-5H,6-8,16H2,1H3,(H3,17,18,19,20). The second-order valence-electron chi connectivity index (χ2n) is 4.45. The molecule has 106 valence electrons. The van der Waals surface area contributed by atoms with Crippen molar-refractivity contribution in [2.75, 3.05) is 24.6 Å². The first-order valence-electron chi connectivity index (χ1n) is 6.41. The number of rotatable bonds is 5. The second-order valence-corrected chi connectivity index (χ2v) is 4.88. The summed E-state index contributed by atoms with van der Waals surface area (Å²) in [7, 11) is 1.81. The zero-order chi connectivity index (χ0) is 14.5. The van der Waals surface area contributed by atoms with Crippen LogP contribution < -0.4 is 16.8 Å². The highest BCUT2D eigenvalue weighted by molar-refractivity contribution is 6.30. The predicted molar refractivity (Wildman–Crippen MR) is 83.0 cm³/mol. The number of halogens is 1. The molecule has 6 heteroatoms. The molecule has 0 spiro atoms. The van der Waals surface area contributed by atoms with E-state index in [9.17, 15) is 0 Å². The van der Waals surface area contributed by atoms with E-state index in [2.05, 4.69) is 15.3 Å². The zero-order valence-corrected chi connectivity index (χ0v) is 12.1. The summed E-state index contributed by atoms with van der Waals surface area (Å²) in [6.07, 6.45) is 1.38. The van der Waals surface area contributed by atoms with E-state index in [1.807, 2.05) is 31.3 Å². The summed E-state index contributed by atoms with van der Waals surface area (Å²) in [6.45, 7) is 0.537. The van der Waals surface area contributed by atoms with E-state index in [4.69, 9.17) is 23.1 Å². The Morgan fingerprint density at radius 1 is 1.20 bits per heavy atom. The number of anilines is 2. The van der Waals surface area contributed by atoms with Gasteiger partial charge in [0.25, 0.3) is 0 Å². The number of hydrogen-bond donors (Lipinski definition) is 3. The van der Waals surface area contributed by atoms with Crippen molar-refractivity contribution in [3.05, 3.63) is 46.1 Å². The highest BCUT2D eigenvalue weighted by Gasteiger charge is 2.12. The monoisotopic (exact) mass is 291 g/mol. The summed E-state index contributed by atoms with van der Waals surface area (Å²) in [5, 5.41) is 3.77. The summed E-state index contributed by atoms with van der Waals surface area (Å²) in [4.78, 5) is 8.56. The van der Waals surface area contributed by atoms with Crippen LogP contribution in [-0.2, 0) is 12.8 Å². The molecule has 0 aliphatic heterocycles. The molecular formula is C14H18ClN5. The molecule has 0 radical (unpaired) electrons. The van der Waals surface area contributed by atoms with E-state index in [1.165, 1.54) is 0 Å². The van der Waals surface area contributed by atoms with Gasteiger partial charge in [0, 0.05) is 24.1 Å². The Balaban J connectivity index is 2.38. The van der Waals surface area contributed by atoms with Crippen molar-refractivity contribution in [1.82, 2.24) is 9.97 Å². The van der Waals surface area contributed by atoms with Gasteiger partial charge in [-0.3, -0.25) is 0 Å². The zero-order valence-electron chi connectivity index (χ0n) is 11.4. The van der Waals surface area contributed by atoms with Gasteiger partial charge in [-0.05, 0) is 30.7 Å². The SMILES string of the molecule is CNc1nc(N)nc(Cc2ccc(Cl)cc2)c1CCN. The normalized spacial score (nSPS) is 10.6. The molecule has 0 bridgehead atoms. The lowest BCUT2D eigenvalue weighted by Gasteiger charge is -2.13. The Morgan fingerprint density at radius 3 is 2.50 bits per heavy atom. The van der Waals surface area contributed by atoms with Gasteiger partial charge in [-0.15, -0.1) is 0 Å². The lowest BCUT2D eigenvalue weighted by Crippen LogP contribution is -2.13. The minimum absolute atomic E-state index is 0.263. The summed E-state index contributed by atoms with van der Waals surface area (Å²) >= 11 is 5.90. The maximum absolute atomic E-state index is 5.90. The highest BCUT2D eigenvalue weighted by atomic mass is 35.5. The van der Waals surface area contributed by atoms with Gasteiger partial charge in [-0.25, -0.2) is 4.98 Å². The molecule has 0 fully saturated rings. The fourth-order valence-electron chi connectivity index (χ4n) is 2.11. The van der Waals surface area contributed by atoms with Crippen LogP contribution in [0.4, 0.5) is 11.8 Å². The van der Waals surface area contributed by atoms with E-state index in [1.54, 1.807) is 0 Å². The molecule has 1 heterocycles. The van der Waals surface area contributed by atoms with Gasteiger partial charge in [0.1, 0.15) is 5.82 Å². The van der Waals surface area contributed by atoms with Crippen LogP contribution in [0.3, 0.4) is 0 Å². The minimum Gasteiger partial charge on any atom is -0.373 e. The quantitative estimate of drug-likeness (QED) is 0.782. The molecule has 0 atom stereocenters. The third kappa shape index (κ3) is 3.37. The molecule has 2 aromatic rings. The molecular weight excluding hydrogens is 274 g/mol. The second kappa shape index (κ2) is 6.54. The average molecular weight is 292 g/mol. The van der Waals surface area contributed by atoms with E-state index in [0.29, 0.717) is 24.4 Å². The first-order chi connectivity index (χ1) is 9.63. The van der Waals surface area contributed by atoms with Crippen molar-refractivity contribution in [2.24, 2.45) is 5.73 Å². The number of nitrogens with one attached hydrogen (secondary N) is 1.